The second-order valence-electron chi connectivity index (χ2n) is 19.7. The molecule has 12 aromatic rings. The van der Waals surface area contributed by atoms with Crippen molar-refractivity contribution >= 4 is 83.9 Å². The number of fused-ring (bicyclic) bond motifs is 4. The fourth-order valence-corrected chi connectivity index (χ4v) is 9.39. The molecule has 12 rings (SSSR count). The van der Waals surface area contributed by atoms with Crippen molar-refractivity contribution in [3.05, 3.63) is 281 Å². The highest BCUT2D eigenvalue weighted by Gasteiger charge is 2.14. The number of carboxylic acids is 2. The van der Waals surface area contributed by atoms with Crippen LogP contribution in [0.4, 0.5) is 17.1 Å². The van der Waals surface area contributed by atoms with E-state index < -0.39 is 11.9 Å². The van der Waals surface area contributed by atoms with Crippen LogP contribution in [0.3, 0.4) is 0 Å². The lowest BCUT2D eigenvalue weighted by atomic mass is 10.0. The maximum Gasteiger partial charge on any atom is 0.335 e. The van der Waals surface area contributed by atoms with Gasteiger partial charge in [-0.3, -0.25) is 9.59 Å². The number of carbonyl (C=O) groups excluding carboxylic acids is 2. The molecule has 0 aliphatic heterocycles. The monoisotopic (exact) mass is 1150 g/mol. The number of rotatable bonds is 14. The molecule has 0 heterocycles. The fourth-order valence-electron chi connectivity index (χ4n) is 9.39. The smallest absolute Gasteiger partial charge is 0.335 e. The molecule has 0 saturated heterocycles. The summed E-state index contributed by atoms with van der Waals surface area (Å²) in [5.41, 5.74) is 3.79. The van der Waals surface area contributed by atoms with Gasteiger partial charge in [-0.25, -0.2) is 14.4 Å². The van der Waals surface area contributed by atoms with Gasteiger partial charge in [-0.2, -0.15) is 15.8 Å². The van der Waals surface area contributed by atoms with E-state index in [0.29, 0.717) is 85.2 Å². The number of nitrogens with one attached hydrogen (secondary N) is 2. The summed E-state index contributed by atoms with van der Waals surface area (Å²) in [7, 11) is 0. The van der Waals surface area contributed by atoms with Gasteiger partial charge in [0.25, 0.3) is 11.8 Å². The molecule has 0 atom stereocenters. The third kappa shape index (κ3) is 13.1. The van der Waals surface area contributed by atoms with Crippen LogP contribution >= 0.6 is 0 Å². The van der Waals surface area contributed by atoms with E-state index >= 15 is 0 Å². The van der Waals surface area contributed by atoms with Gasteiger partial charge in [-0.05, 0) is 237 Å². The first-order chi connectivity index (χ1) is 42.8. The summed E-state index contributed by atoms with van der Waals surface area (Å²) < 4.78 is 23.8. The molecule has 12 aromatic carbocycles. The van der Waals surface area contributed by atoms with Gasteiger partial charge in [0.2, 0.25) is 5.69 Å². The normalized spacial score (nSPS) is 10.5. The maximum absolute atomic E-state index is 12.9. The zero-order valence-electron chi connectivity index (χ0n) is 45.9. The molecule has 0 saturated carbocycles. The first-order valence-corrected chi connectivity index (χ1v) is 26.8. The lowest BCUT2D eigenvalue weighted by Crippen LogP contribution is -2.11. The quantitative estimate of drug-likeness (QED) is 0.0741. The van der Waals surface area contributed by atoms with Crippen molar-refractivity contribution in [1.82, 2.24) is 0 Å². The Balaban J connectivity index is 0.000000182. The van der Waals surface area contributed by atoms with Gasteiger partial charge in [0.05, 0.1) is 40.5 Å². The zero-order chi connectivity index (χ0) is 61.3. The Hall–Kier alpha value is -13.3. The summed E-state index contributed by atoms with van der Waals surface area (Å²) in [6, 6.07) is 71.7. The van der Waals surface area contributed by atoms with Crippen molar-refractivity contribution in [2.45, 2.75) is 0 Å². The molecular formula is C72H42N6O10. The minimum atomic E-state index is -0.976. The molecule has 0 radical (unpaired) electrons. The third-order valence-electron chi connectivity index (χ3n) is 13.9. The van der Waals surface area contributed by atoms with Crippen molar-refractivity contribution < 1.29 is 48.3 Å². The molecule has 4 N–H and O–H groups in total. The summed E-state index contributed by atoms with van der Waals surface area (Å²) in [6.45, 7) is 7.31. The van der Waals surface area contributed by atoms with Crippen molar-refractivity contribution in [3.63, 3.8) is 0 Å². The number of carboxylic acid groups (broad SMARTS) is 2. The predicted octanol–water partition coefficient (Wildman–Crippen LogP) is 17.2. The molecule has 0 bridgehead atoms. The van der Waals surface area contributed by atoms with E-state index in [1.807, 2.05) is 48.5 Å². The lowest BCUT2D eigenvalue weighted by Gasteiger charge is -2.10. The van der Waals surface area contributed by atoms with Crippen molar-refractivity contribution in [2.24, 2.45) is 0 Å². The summed E-state index contributed by atoms with van der Waals surface area (Å²) in [5.74, 6) is 2.03. The Morgan fingerprint density at radius 3 is 0.955 bits per heavy atom. The highest BCUT2D eigenvalue weighted by atomic mass is 16.5. The van der Waals surface area contributed by atoms with E-state index in [4.69, 9.17) is 25.5 Å². The average Bonchev–Trinajstić information content (AvgIpc) is 3.57. The minimum absolute atomic E-state index is 0.223. The van der Waals surface area contributed by atoms with Gasteiger partial charge >= 0.3 is 11.9 Å². The molecule has 0 aromatic heterocycles. The summed E-state index contributed by atoms with van der Waals surface area (Å²) in [5, 5.41) is 58.4. The maximum atomic E-state index is 12.9. The average molecular weight is 1150 g/mol. The van der Waals surface area contributed by atoms with Gasteiger partial charge in [-0.1, -0.05) is 36.4 Å². The molecule has 88 heavy (non-hydrogen) atoms. The highest BCUT2D eigenvalue weighted by Crippen LogP contribution is 2.34. The van der Waals surface area contributed by atoms with E-state index in [-0.39, 0.29) is 28.6 Å². The highest BCUT2D eigenvalue weighted by molar-refractivity contribution is 6.05. The van der Waals surface area contributed by atoms with E-state index in [0.717, 1.165) is 43.1 Å². The Bertz CT molecular complexity index is 4950. The molecule has 16 nitrogen and oxygen atoms in total. The van der Waals surface area contributed by atoms with E-state index in [1.165, 1.54) is 0 Å². The number of amides is 2. The van der Waals surface area contributed by atoms with Crippen molar-refractivity contribution in [2.75, 3.05) is 10.6 Å². The Morgan fingerprint density at radius 1 is 0.330 bits per heavy atom. The molecule has 0 unspecified atom stereocenters. The van der Waals surface area contributed by atoms with Crippen LogP contribution in [0, 0.1) is 40.6 Å². The Labute approximate surface area is 501 Å². The number of anilines is 2. The second-order valence-corrected chi connectivity index (χ2v) is 19.7. The molecule has 16 heteroatoms. The molecule has 420 valence electrons. The number of hydrogen-bond donors (Lipinski definition) is 4. The number of nitrogens with zero attached hydrogens (tertiary/aromatic N) is 4. The van der Waals surface area contributed by atoms with Crippen LogP contribution < -0.4 is 29.6 Å². The number of carbonyl (C=O) groups is 4. The van der Waals surface area contributed by atoms with Crippen LogP contribution in [-0.4, -0.2) is 34.0 Å². The minimum Gasteiger partial charge on any atom is -0.478 e. The van der Waals surface area contributed by atoms with Gasteiger partial charge in [0.1, 0.15) is 58.1 Å². The summed E-state index contributed by atoms with van der Waals surface area (Å²) in [4.78, 5) is 51.5. The van der Waals surface area contributed by atoms with Crippen molar-refractivity contribution in [1.29, 1.82) is 15.8 Å². The van der Waals surface area contributed by atoms with Gasteiger partial charge < -0.3 is 39.8 Å². The van der Waals surface area contributed by atoms with Crippen LogP contribution in [0.15, 0.2) is 231 Å². The number of nitriles is 3. The number of benzene rings is 12. The van der Waals surface area contributed by atoms with E-state index in [9.17, 15) is 45.2 Å². The van der Waals surface area contributed by atoms with Gasteiger partial charge in [0.15, 0.2) is 0 Å². The zero-order valence-corrected chi connectivity index (χ0v) is 45.9. The first kappa shape index (κ1) is 56.6. The topological polar surface area (TPSA) is 245 Å². The molecule has 0 aliphatic rings. The lowest BCUT2D eigenvalue weighted by molar-refractivity contribution is 0.0686. The molecule has 0 fully saturated rings. The SMILES string of the molecule is O=C(O)c1ccc2cc(Oc3ccc(NC(=O)c4ccc(Oc5ccc6cc(C(=O)O)ccc6c5)cc4)cc3)ccc2c1.[C-]#[N+]c1cc2cc(Oc3ccc(C(=O)Nc4ccc(Oc5ccc6cc(C#N)c(C#N)cc6c5)cc4)cc3)ccc2cc1C#N. The van der Waals surface area contributed by atoms with Gasteiger partial charge in [-0.15, -0.1) is 0 Å². The molecule has 0 spiro atoms. The van der Waals surface area contributed by atoms with E-state index in [1.54, 1.807) is 200 Å². The molecule has 2 amide bonds. The van der Waals surface area contributed by atoms with Crippen LogP contribution in [0.25, 0.3) is 47.9 Å². The van der Waals surface area contributed by atoms with Crippen LogP contribution in [0.5, 0.6) is 46.0 Å². The Morgan fingerprint density at radius 2 is 0.602 bits per heavy atom. The largest absolute Gasteiger partial charge is 0.478 e. The number of ether oxygens (including phenoxy) is 4. The third-order valence-corrected chi connectivity index (χ3v) is 13.9. The summed E-state index contributed by atoms with van der Waals surface area (Å²) >= 11 is 0. The van der Waals surface area contributed by atoms with Crippen LogP contribution in [-0.2, 0) is 0 Å². The summed E-state index contributed by atoms with van der Waals surface area (Å²) in [6.07, 6.45) is 0. The second kappa shape index (κ2) is 25.1. The van der Waals surface area contributed by atoms with E-state index in [2.05, 4.69) is 15.5 Å². The van der Waals surface area contributed by atoms with Crippen LogP contribution in [0.1, 0.15) is 58.1 Å². The standard InChI is InChI=1S/C37H19N5O3.C35H23NO7/c1-41-36-19-27-18-35(11-5-25(27)15-30(36)22-40)44-32-8-2-23(3-9-32)37(43)42-31-6-12-33(13-7-31)45-34-10-4-24-14-28(20-38)29(21-39)16-26(24)17-34;37-33(21-5-11-29(12-6-21)42-31-13-7-22-17-26(34(38)39)3-1-24(22)19-31)36-28-9-15-30(16-10-28)43-32-14-8-23-18-27(35(40)41)4-2-25(23)20-32/h2-19H,(H,42,43);1-20H,(H,36,37)(H,38,39)(H,40,41). The number of aromatic carboxylic acids is 2. The predicted molar refractivity (Wildman–Crippen MR) is 332 cm³/mol. The van der Waals surface area contributed by atoms with Crippen LogP contribution in [0.2, 0.25) is 0 Å². The molecule has 0 aliphatic carbocycles. The Kier molecular flexibility index (Phi) is 16.1. The first-order valence-electron chi connectivity index (χ1n) is 26.8. The van der Waals surface area contributed by atoms with Crippen molar-refractivity contribution in [3.8, 4) is 64.2 Å². The fraction of sp³-hybridized carbons (Fsp3) is 0. The van der Waals surface area contributed by atoms with Gasteiger partial charge in [0, 0.05) is 22.5 Å². The number of hydrogen-bond acceptors (Lipinski definition) is 11. The molecular weight excluding hydrogens is 1110 g/mol.